The van der Waals surface area contributed by atoms with Gasteiger partial charge in [0.1, 0.15) is 11.5 Å². The maximum atomic E-state index is 12.7. The van der Waals surface area contributed by atoms with Gasteiger partial charge in [-0.3, -0.25) is 24.1 Å². The second kappa shape index (κ2) is 7.98. The molecule has 2 aliphatic heterocycles. The van der Waals surface area contributed by atoms with Crippen LogP contribution < -0.4 is 19.3 Å². The average Bonchev–Trinajstić information content (AvgIpc) is 3.30. The second-order valence-electron chi connectivity index (χ2n) is 7.12. The van der Waals surface area contributed by atoms with Crippen LogP contribution in [0.25, 0.3) is 0 Å². The summed E-state index contributed by atoms with van der Waals surface area (Å²) in [5.74, 6) is -1.17. The molecule has 0 bridgehead atoms. The summed E-state index contributed by atoms with van der Waals surface area (Å²) in [7, 11) is 1.52. The lowest BCUT2D eigenvalue weighted by atomic mass is 10.1. The maximum Gasteiger partial charge on any atom is 0.316 e. The standard InChI is InChI=1S/C22H20N2O6/c1-29-18-8-3-2-7-17(18)23-13-14(11-21(23)27)22(28)30-16-6-4-5-15(12-16)24-19(25)9-10-20(24)26/h2-8,12,14H,9-11,13H2,1H3/t14-/m0/s1. The van der Waals surface area contributed by atoms with E-state index in [1.165, 1.54) is 18.1 Å². The Morgan fingerprint density at radius 3 is 2.43 bits per heavy atom. The normalized spacial score (nSPS) is 18.8. The van der Waals surface area contributed by atoms with Crippen molar-refractivity contribution in [2.45, 2.75) is 19.3 Å². The molecule has 0 aromatic heterocycles. The van der Waals surface area contributed by atoms with Gasteiger partial charge in [-0.25, -0.2) is 0 Å². The summed E-state index contributed by atoms with van der Waals surface area (Å²) in [5.41, 5.74) is 0.972. The molecule has 2 saturated heterocycles. The number of hydrogen-bond donors (Lipinski definition) is 0. The first-order valence-electron chi connectivity index (χ1n) is 9.59. The molecule has 2 fully saturated rings. The molecule has 4 rings (SSSR count). The minimum Gasteiger partial charge on any atom is -0.495 e. The smallest absolute Gasteiger partial charge is 0.316 e. The number of para-hydroxylation sites is 2. The third kappa shape index (κ3) is 3.63. The molecule has 0 aliphatic carbocycles. The zero-order valence-corrected chi connectivity index (χ0v) is 16.4. The fraction of sp³-hybridized carbons (Fsp3) is 0.273. The monoisotopic (exact) mass is 408 g/mol. The largest absolute Gasteiger partial charge is 0.495 e. The van der Waals surface area contributed by atoms with Gasteiger partial charge in [0.25, 0.3) is 0 Å². The topological polar surface area (TPSA) is 93.2 Å². The fourth-order valence-electron chi connectivity index (χ4n) is 3.70. The minimum absolute atomic E-state index is 0.0274. The van der Waals surface area contributed by atoms with Crippen molar-refractivity contribution in [3.63, 3.8) is 0 Å². The number of methoxy groups -OCH3 is 1. The quantitative estimate of drug-likeness (QED) is 0.428. The van der Waals surface area contributed by atoms with Gasteiger partial charge in [-0.2, -0.15) is 0 Å². The van der Waals surface area contributed by atoms with E-state index in [0.717, 1.165) is 4.90 Å². The summed E-state index contributed by atoms with van der Waals surface area (Å²) >= 11 is 0. The van der Waals surface area contributed by atoms with Crippen molar-refractivity contribution in [3.8, 4) is 11.5 Å². The molecule has 8 heteroatoms. The molecule has 3 amide bonds. The molecule has 0 spiro atoms. The molecule has 1 atom stereocenters. The number of imide groups is 1. The number of benzene rings is 2. The van der Waals surface area contributed by atoms with E-state index in [0.29, 0.717) is 17.1 Å². The summed E-state index contributed by atoms with van der Waals surface area (Å²) in [4.78, 5) is 51.6. The summed E-state index contributed by atoms with van der Waals surface area (Å²) in [5, 5.41) is 0. The molecule has 0 saturated carbocycles. The molecule has 30 heavy (non-hydrogen) atoms. The fourth-order valence-corrected chi connectivity index (χ4v) is 3.70. The number of rotatable bonds is 5. The van der Waals surface area contributed by atoms with E-state index in [-0.39, 0.29) is 49.3 Å². The molecule has 2 heterocycles. The zero-order valence-electron chi connectivity index (χ0n) is 16.4. The van der Waals surface area contributed by atoms with Crippen LogP contribution in [0.4, 0.5) is 11.4 Å². The number of carbonyl (C=O) groups excluding carboxylic acids is 4. The van der Waals surface area contributed by atoms with Crippen LogP contribution in [0.3, 0.4) is 0 Å². The minimum atomic E-state index is -0.638. The van der Waals surface area contributed by atoms with Gasteiger partial charge in [0, 0.05) is 31.9 Å². The molecular formula is C22H20N2O6. The van der Waals surface area contributed by atoms with Crippen molar-refractivity contribution in [2.24, 2.45) is 5.92 Å². The van der Waals surface area contributed by atoms with Crippen molar-refractivity contribution in [2.75, 3.05) is 23.5 Å². The van der Waals surface area contributed by atoms with Crippen molar-refractivity contribution in [1.82, 2.24) is 0 Å². The van der Waals surface area contributed by atoms with Gasteiger partial charge in [-0.15, -0.1) is 0 Å². The molecule has 8 nitrogen and oxygen atoms in total. The van der Waals surface area contributed by atoms with E-state index in [2.05, 4.69) is 0 Å². The maximum absolute atomic E-state index is 12.7. The Morgan fingerprint density at radius 2 is 1.70 bits per heavy atom. The predicted molar refractivity (Wildman–Crippen MR) is 107 cm³/mol. The van der Waals surface area contributed by atoms with Crippen molar-refractivity contribution < 1.29 is 28.7 Å². The molecular weight excluding hydrogens is 388 g/mol. The highest BCUT2D eigenvalue weighted by Crippen LogP contribution is 2.33. The molecule has 0 radical (unpaired) electrons. The van der Waals surface area contributed by atoms with E-state index >= 15 is 0 Å². The Bertz CT molecular complexity index is 1020. The molecule has 2 aromatic carbocycles. The van der Waals surface area contributed by atoms with E-state index in [4.69, 9.17) is 9.47 Å². The first-order chi connectivity index (χ1) is 14.5. The van der Waals surface area contributed by atoms with Crippen LogP contribution in [0, 0.1) is 5.92 Å². The number of nitrogens with zero attached hydrogens (tertiary/aromatic N) is 2. The van der Waals surface area contributed by atoms with Gasteiger partial charge in [0.05, 0.1) is 24.4 Å². The van der Waals surface area contributed by atoms with Crippen LogP contribution in [0.2, 0.25) is 0 Å². The van der Waals surface area contributed by atoms with E-state index in [9.17, 15) is 19.2 Å². The van der Waals surface area contributed by atoms with Crippen LogP contribution in [-0.2, 0) is 19.2 Å². The van der Waals surface area contributed by atoms with Gasteiger partial charge in [-0.05, 0) is 24.3 Å². The second-order valence-corrected chi connectivity index (χ2v) is 7.12. The lowest BCUT2D eigenvalue weighted by molar-refractivity contribution is -0.139. The number of carbonyl (C=O) groups is 4. The molecule has 0 N–H and O–H groups in total. The Balaban J connectivity index is 1.47. The van der Waals surface area contributed by atoms with Crippen LogP contribution in [-0.4, -0.2) is 37.3 Å². The van der Waals surface area contributed by atoms with Gasteiger partial charge in [-0.1, -0.05) is 18.2 Å². The van der Waals surface area contributed by atoms with E-state index in [1.807, 2.05) is 0 Å². The number of amides is 3. The van der Waals surface area contributed by atoms with Crippen molar-refractivity contribution >= 4 is 35.1 Å². The van der Waals surface area contributed by atoms with Gasteiger partial charge in [0.15, 0.2) is 0 Å². The molecule has 2 aromatic rings. The van der Waals surface area contributed by atoms with Gasteiger partial charge < -0.3 is 14.4 Å². The Kier molecular flexibility index (Phi) is 5.22. The van der Waals surface area contributed by atoms with Crippen LogP contribution in [0.1, 0.15) is 19.3 Å². The number of ether oxygens (including phenoxy) is 2. The lowest BCUT2D eigenvalue weighted by Crippen LogP contribution is -2.29. The first kappa shape index (κ1) is 19.6. The van der Waals surface area contributed by atoms with Crippen LogP contribution in [0.5, 0.6) is 11.5 Å². The molecule has 2 aliphatic rings. The van der Waals surface area contributed by atoms with Gasteiger partial charge in [0.2, 0.25) is 17.7 Å². The average molecular weight is 408 g/mol. The van der Waals surface area contributed by atoms with Gasteiger partial charge >= 0.3 is 5.97 Å². The number of anilines is 2. The zero-order chi connectivity index (χ0) is 21.3. The van der Waals surface area contributed by atoms with E-state index in [1.54, 1.807) is 42.5 Å². The summed E-state index contributed by atoms with van der Waals surface area (Å²) in [6, 6.07) is 13.4. The SMILES string of the molecule is COc1ccccc1N1C[C@@H](C(=O)Oc2cccc(N3C(=O)CCC3=O)c2)CC1=O. The highest BCUT2D eigenvalue weighted by atomic mass is 16.5. The third-order valence-corrected chi connectivity index (χ3v) is 5.18. The van der Waals surface area contributed by atoms with Crippen molar-refractivity contribution in [1.29, 1.82) is 0 Å². The number of esters is 1. The Hall–Kier alpha value is -3.68. The summed E-state index contributed by atoms with van der Waals surface area (Å²) < 4.78 is 10.8. The highest BCUT2D eigenvalue weighted by Gasteiger charge is 2.37. The first-order valence-corrected chi connectivity index (χ1v) is 9.59. The summed E-state index contributed by atoms with van der Waals surface area (Å²) in [6.07, 6.45) is 0.372. The lowest BCUT2D eigenvalue weighted by Gasteiger charge is -2.19. The number of hydrogen-bond acceptors (Lipinski definition) is 6. The predicted octanol–water partition coefficient (Wildman–Crippen LogP) is 2.31. The highest BCUT2D eigenvalue weighted by molar-refractivity contribution is 6.19. The third-order valence-electron chi connectivity index (χ3n) is 5.18. The van der Waals surface area contributed by atoms with Crippen LogP contribution >= 0.6 is 0 Å². The Morgan fingerprint density at radius 1 is 0.967 bits per heavy atom. The Labute approximate surface area is 173 Å². The summed E-state index contributed by atoms with van der Waals surface area (Å²) in [6.45, 7) is 0.181. The van der Waals surface area contributed by atoms with E-state index < -0.39 is 11.9 Å². The van der Waals surface area contributed by atoms with Crippen molar-refractivity contribution in [3.05, 3.63) is 48.5 Å². The molecule has 0 unspecified atom stereocenters. The van der Waals surface area contributed by atoms with Crippen LogP contribution in [0.15, 0.2) is 48.5 Å². The molecule has 154 valence electrons.